The van der Waals surface area contributed by atoms with Crippen molar-refractivity contribution in [3.63, 3.8) is 0 Å². The molecule has 0 bridgehead atoms. The molecule has 0 saturated heterocycles. The van der Waals surface area contributed by atoms with Gasteiger partial charge in [0, 0.05) is 18.8 Å². The maximum Gasteiger partial charge on any atom is 0.311 e. The summed E-state index contributed by atoms with van der Waals surface area (Å²) in [5.74, 6) is 0.223. The third-order valence-corrected chi connectivity index (χ3v) is 3.07. The van der Waals surface area contributed by atoms with Crippen LogP contribution in [0.1, 0.15) is 24.8 Å². The van der Waals surface area contributed by atoms with E-state index < -0.39 is 10.5 Å². The summed E-state index contributed by atoms with van der Waals surface area (Å²) >= 11 is 0. The van der Waals surface area contributed by atoms with Crippen LogP contribution in [-0.4, -0.2) is 27.2 Å². The summed E-state index contributed by atoms with van der Waals surface area (Å²) < 4.78 is 0. The smallest absolute Gasteiger partial charge is 0.311 e. The van der Waals surface area contributed by atoms with Crippen molar-refractivity contribution < 1.29 is 10.0 Å². The van der Waals surface area contributed by atoms with Crippen molar-refractivity contribution >= 4 is 11.5 Å². The minimum atomic E-state index is -0.722. The number of aromatic nitrogens is 1. The molecule has 2 rings (SSSR count). The van der Waals surface area contributed by atoms with Crippen LogP contribution >= 0.6 is 0 Å². The van der Waals surface area contributed by atoms with Crippen molar-refractivity contribution in [1.29, 1.82) is 0 Å². The molecule has 1 fully saturated rings. The van der Waals surface area contributed by atoms with Gasteiger partial charge in [0.15, 0.2) is 0 Å². The average Bonchev–Trinajstić information content (AvgIpc) is 2.24. The molecule has 92 valence electrons. The average molecular weight is 237 g/mol. The van der Waals surface area contributed by atoms with E-state index in [9.17, 15) is 15.2 Å². The summed E-state index contributed by atoms with van der Waals surface area (Å²) in [6.45, 7) is 2.06. The van der Waals surface area contributed by atoms with Crippen molar-refractivity contribution in [2.45, 2.75) is 31.8 Å². The van der Waals surface area contributed by atoms with Crippen LogP contribution in [0.25, 0.3) is 0 Å². The number of rotatable bonds is 4. The van der Waals surface area contributed by atoms with Crippen molar-refractivity contribution in [2.75, 3.05) is 11.9 Å². The second-order valence-corrected chi connectivity index (χ2v) is 4.57. The quantitative estimate of drug-likeness (QED) is 0.613. The van der Waals surface area contributed by atoms with Gasteiger partial charge in [-0.1, -0.05) is 0 Å². The van der Waals surface area contributed by atoms with Crippen molar-refractivity contribution in [3.8, 4) is 0 Å². The van der Waals surface area contributed by atoms with E-state index in [1.807, 2.05) is 0 Å². The maximum atomic E-state index is 10.8. The van der Waals surface area contributed by atoms with Crippen LogP contribution in [-0.2, 0) is 0 Å². The zero-order valence-corrected chi connectivity index (χ0v) is 9.64. The standard InChI is InChI=1S/C11H15N3O3/c1-8-5-9(14(16)17)10(12-6-8)13-7-11(15)3-2-4-11/h5-6,15H,2-4,7H2,1H3,(H,12,13). The lowest BCUT2D eigenvalue weighted by Crippen LogP contribution is -2.43. The minimum Gasteiger partial charge on any atom is -0.388 e. The highest BCUT2D eigenvalue weighted by Crippen LogP contribution is 2.32. The SMILES string of the molecule is Cc1cnc(NCC2(O)CCC2)c([N+](=O)[O-])c1. The molecule has 1 aromatic rings. The van der Waals surface area contributed by atoms with Gasteiger partial charge in [-0.2, -0.15) is 0 Å². The van der Waals surface area contributed by atoms with Crippen molar-refractivity contribution in [3.05, 3.63) is 27.9 Å². The molecule has 0 radical (unpaired) electrons. The van der Waals surface area contributed by atoms with E-state index in [0.717, 1.165) is 24.8 Å². The van der Waals surface area contributed by atoms with Crippen LogP contribution in [0.3, 0.4) is 0 Å². The first kappa shape index (κ1) is 11.8. The third kappa shape index (κ3) is 2.52. The number of nitrogens with zero attached hydrogens (tertiary/aromatic N) is 2. The first-order valence-corrected chi connectivity index (χ1v) is 5.57. The van der Waals surface area contributed by atoms with Gasteiger partial charge < -0.3 is 10.4 Å². The number of aryl methyl sites for hydroxylation is 1. The molecule has 0 aliphatic heterocycles. The lowest BCUT2D eigenvalue weighted by molar-refractivity contribution is -0.384. The highest BCUT2D eigenvalue weighted by molar-refractivity contribution is 5.56. The number of pyridine rings is 1. The molecule has 0 aromatic carbocycles. The Labute approximate surface area is 98.8 Å². The molecule has 17 heavy (non-hydrogen) atoms. The van der Waals surface area contributed by atoms with Gasteiger partial charge in [-0.05, 0) is 31.7 Å². The summed E-state index contributed by atoms with van der Waals surface area (Å²) in [6, 6.07) is 1.47. The Bertz CT molecular complexity index is 444. The predicted molar refractivity (Wildman–Crippen MR) is 62.9 cm³/mol. The maximum absolute atomic E-state index is 10.8. The molecular formula is C11H15N3O3. The fraction of sp³-hybridized carbons (Fsp3) is 0.545. The number of nitrogens with one attached hydrogen (secondary N) is 1. The fourth-order valence-corrected chi connectivity index (χ4v) is 1.84. The topological polar surface area (TPSA) is 88.3 Å². The van der Waals surface area contributed by atoms with Crippen LogP contribution < -0.4 is 5.32 Å². The highest BCUT2D eigenvalue weighted by Gasteiger charge is 2.34. The van der Waals surface area contributed by atoms with Gasteiger partial charge >= 0.3 is 5.69 Å². The zero-order valence-electron chi connectivity index (χ0n) is 9.64. The Kier molecular flexibility index (Phi) is 2.97. The monoisotopic (exact) mass is 237 g/mol. The number of nitro groups is 1. The van der Waals surface area contributed by atoms with E-state index in [0.29, 0.717) is 6.54 Å². The Morgan fingerprint density at radius 2 is 2.35 bits per heavy atom. The molecule has 1 aliphatic rings. The Hall–Kier alpha value is -1.69. The van der Waals surface area contributed by atoms with E-state index in [2.05, 4.69) is 10.3 Å². The fourth-order valence-electron chi connectivity index (χ4n) is 1.84. The Balaban J connectivity index is 2.12. The summed E-state index contributed by atoms with van der Waals surface area (Å²) in [6.07, 6.45) is 4.04. The van der Waals surface area contributed by atoms with Crippen LogP contribution in [0.4, 0.5) is 11.5 Å². The molecule has 1 aromatic heterocycles. The van der Waals surface area contributed by atoms with E-state index in [-0.39, 0.29) is 11.5 Å². The number of aliphatic hydroxyl groups is 1. The molecule has 0 unspecified atom stereocenters. The third-order valence-electron chi connectivity index (χ3n) is 3.07. The molecule has 1 heterocycles. The van der Waals surface area contributed by atoms with Gasteiger partial charge in [-0.15, -0.1) is 0 Å². The predicted octanol–water partition coefficient (Wildman–Crippen LogP) is 1.63. The Morgan fingerprint density at radius 3 is 2.88 bits per heavy atom. The second-order valence-electron chi connectivity index (χ2n) is 4.57. The van der Waals surface area contributed by atoms with Crippen LogP contribution in [0.5, 0.6) is 0 Å². The van der Waals surface area contributed by atoms with Gasteiger partial charge in [0.05, 0.1) is 10.5 Å². The van der Waals surface area contributed by atoms with Gasteiger partial charge in [-0.3, -0.25) is 10.1 Å². The normalized spacial score (nSPS) is 17.3. The van der Waals surface area contributed by atoms with Crippen molar-refractivity contribution in [1.82, 2.24) is 4.98 Å². The van der Waals surface area contributed by atoms with Gasteiger partial charge in [-0.25, -0.2) is 4.98 Å². The zero-order chi connectivity index (χ0) is 12.5. The van der Waals surface area contributed by atoms with Crippen LogP contribution in [0.2, 0.25) is 0 Å². The molecule has 6 nitrogen and oxygen atoms in total. The van der Waals surface area contributed by atoms with Gasteiger partial charge in [0.2, 0.25) is 5.82 Å². The summed E-state index contributed by atoms with van der Waals surface area (Å²) in [7, 11) is 0. The second kappa shape index (κ2) is 4.29. The van der Waals surface area contributed by atoms with E-state index >= 15 is 0 Å². The Morgan fingerprint density at radius 1 is 1.65 bits per heavy atom. The van der Waals surface area contributed by atoms with Crippen LogP contribution in [0.15, 0.2) is 12.3 Å². The molecule has 0 amide bonds. The molecule has 1 aliphatic carbocycles. The van der Waals surface area contributed by atoms with Gasteiger partial charge in [0.25, 0.3) is 0 Å². The molecule has 0 atom stereocenters. The number of anilines is 1. The molecule has 6 heteroatoms. The van der Waals surface area contributed by atoms with E-state index in [1.54, 1.807) is 13.1 Å². The highest BCUT2D eigenvalue weighted by atomic mass is 16.6. The molecule has 1 saturated carbocycles. The molecule has 0 spiro atoms. The van der Waals surface area contributed by atoms with Crippen molar-refractivity contribution in [2.24, 2.45) is 0 Å². The van der Waals surface area contributed by atoms with Gasteiger partial charge in [0.1, 0.15) is 0 Å². The molecular weight excluding hydrogens is 222 g/mol. The first-order valence-electron chi connectivity index (χ1n) is 5.57. The summed E-state index contributed by atoms with van der Waals surface area (Å²) in [4.78, 5) is 14.4. The summed E-state index contributed by atoms with van der Waals surface area (Å²) in [5, 5.41) is 23.6. The summed E-state index contributed by atoms with van der Waals surface area (Å²) in [5.41, 5.74) is -0.0296. The largest absolute Gasteiger partial charge is 0.388 e. The molecule has 2 N–H and O–H groups in total. The first-order chi connectivity index (χ1) is 8.00. The minimum absolute atomic E-state index is 0.0482. The van der Waals surface area contributed by atoms with E-state index in [4.69, 9.17) is 0 Å². The number of hydrogen-bond donors (Lipinski definition) is 2. The van der Waals surface area contributed by atoms with Crippen LogP contribution in [0, 0.1) is 17.0 Å². The lowest BCUT2D eigenvalue weighted by atomic mass is 9.80. The van der Waals surface area contributed by atoms with E-state index in [1.165, 1.54) is 6.07 Å². The number of hydrogen-bond acceptors (Lipinski definition) is 5. The lowest BCUT2D eigenvalue weighted by Gasteiger charge is -2.36.